The highest BCUT2D eigenvalue weighted by atomic mass is 79.9. The lowest BCUT2D eigenvalue weighted by Gasteiger charge is -2.13. The van der Waals surface area contributed by atoms with Crippen LogP contribution in [0.15, 0.2) is 76.2 Å². The van der Waals surface area contributed by atoms with E-state index in [1.807, 2.05) is 42.5 Å². The van der Waals surface area contributed by atoms with Gasteiger partial charge in [-0.05, 0) is 94.7 Å². The van der Waals surface area contributed by atoms with Gasteiger partial charge in [-0.15, -0.1) is 11.3 Å². The third kappa shape index (κ3) is 5.97. The monoisotopic (exact) mass is 592 g/mol. The second-order valence-electron chi connectivity index (χ2n) is 8.92. The second kappa shape index (κ2) is 11.9. The van der Waals surface area contributed by atoms with E-state index in [-0.39, 0.29) is 18.3 Å². The molecular formula is C30H26BrFN2O3S. The van der Waals surface area contributed by atoms with Crippen molar-refractivity contribution in [2.75, 3.05) is 12.4 Å². The molecule has 5 nitrogen and oxygen atoms in total. The molecule has 0 aliphatic heterocycles. The predicted molar refractivity (Wildman–Crippen MR) is 154 cm³/mol. The minimum atomic E-state index is -0.288. The van der Waals surface area contributed by atoms with Crippen LogP contribution >= 0.6 is 27.3 Å². The Labute approximate surface area is 233 Å². The standard InChI is InChI=1S/C30H26BrFN2O3S/c1-36-25-16-20(15-24(31)28(25)37-18-19-11-13-21(32)14-12-19)17-33-30-27(23-9-5-6-10-26(23)38-30)29(35)34-22-7-3-2-4-8-22/h2-4,7-8,11-17H,5-6,9-10,18H2,1H3,(H,34,35)/b33-17-. The molecule has 4 aromatic rings. The molecule has 0 saturated carbocycles. The van der Waals surface area contributed by atoms with Crippen LogP contribution in [0.2, 0.25) is 0 Å². The Morgan fingerprint density at radius 1 is 1.11 bits per heavy atom. The van der Waals surface area contributed by atoms with Crippen molar-refractivity contribution in [3.05, 3.63) is 104 Å². The predicted octanol–water partition coefficient (Wildman–Crippen LogP) is 8.12. The first kappa shape index (κ1) is 26.1. The first-order valence-corrected chi connectivity index (χ1v) is 13.9. The number of anilines is 1. The van der Waals surface area contributed by atoms with Gasteiger partial charge in [0.2, 0.25) is 0 Å². The number of halogens is 2. The van der Waals surface area contributed by atoms with Gasteiger partial charge in [-0.1, -0.05) is 30.3 Å². The molecule has 0 bridgehead atoms. The Balaban J connectivity index is 1.40. The molecule has 1 aliphatic rings. The zero-order valence-corrected chi connectivity index (χ0v) is 23.2. The fourth-order valence-corrected chi connectivity index (χ4v) is 6.22. The molecule has 1 aliphatic carbocycles. The smallest absolute Gasteiger partial charge is 0.259 e. The van der Waals surface area contributed by atoms with Crippen LogP contribution in [0.3, 0.4) is 0 Å². The highest BCUT2D eigenvalue weighted by Gasteiger charge is 2.25. The average molecular weight is 594 g/mol. The van der Waals surface area contributed by atoms with Gasteiger partial charge in [0.05, 0.1) is 17.1 Å². The van der Waals surface area contributed by atoms with Gasteiger partial charge < -0.3 is 14.8 Å². The molecule has 38 heavy (non-hydrogen) atoms. The minimum Gasteiger partial charge on any atom is -0.493 e. The zero-order chi connectivity index (χ0) is 26.5. The van der Waals surface area contributed by atoms with E-state index in [0.717, 1.165) is 48.1 Å². The van der Waals surface area contributed by atoms with E-state index in [1.54, 1.807) is 36.8 Å². The molecule has 194 valence electrons. The van der Waals surface area contributed by atoms with Crippen molar-refractivity contribution in [3.8, 4) is 11.5 Å². The minimum absolute atomic E-state index is 0.133. The van der Waals surface area contributed by atoms with Crippen molar-refractivity contribution < 1.29 is 18.7 Å². The fourth-order valence-electron chi connectivity index (χ4n) is 4.42. The number of para-hydroxylation sites is 1. The van der Waals surface area contributed by atoms with Crippen LogP contribution in [0.1, 0.15) is 44.8 Å². The van der Waals surface area contributed by atoms with Crippen molar-refractivity contribution in [1.82, 2.24) is 0 Å². The molecule has 0 atom stereocenters. The Morgan fingerprint density at radius 3 is 2.63 bits per heavy atom. The number of nitrogens with one attached hydrogen (secondary N) is 1. The number of benzene rings is 3. The first-order chi connectivity index (χ1) is 18.5. The molecule has 3 aromatic carbocycles. The number of nitrogens with zero attached hydrogens (tertiary/aromatic N) is 1. The summed E-state index contributed by atoms with van der Waals surface area (Å²) < 4.78 is 25.5. The largest absolute Gasteiger partial charge is 0.493 e. The van der Waals surface area contributed by atoms with E-state index in [9.17, 15) is 9.18 Å². The molecule has 0 saturated heterocycles. The average Bonchev–Trinajstić information content (AvgIpc) is 3.31. The maximum absolute atomic E-state index is 13.3. The summed E-state index contributed by atoms with van der Waals surface area (Å²) in [5, 5.41) is 3.73. The normalized spacial score (nSPS) is 12.8. The molecule has 0 fully saturated rings. The Hall–Kier alpha value is -3.49. The topological polar surface area (TPSA) is 59.9 Å². The van der Waals surface area contributed by atoms with Crippen LogP contribution in [0.5, 0.6) is 11.5 Å². The van der Waals surface area contributed by atoms with Gasteiger partial charge in [0.1, 0.15) is 17.4 Å². The van der Waals surface area contributed by atoms with Gasteiger partial charge in [-0.2, -0.15) is 0 Å². The van der Waals surface area contributed by atoms with E-state index in [2.05, 4.69) is 21.2 Å². The summed E-state index contributed by atoms with van der Waals surface area (Å²) in [4.78, 5) is 19.4. The molecule has 8 heteroatoms. The number of aryl methyl sites for hydroxylation is 1. The molecule has 0 unspecified atom stereocenters. The maximum Gasteiger partial charge on any atom is 0.259 e. The summed E-state index contributed by atoms with van der Waals surface area (Å²) in [6.45, 7) is 0.267. The number of fused-ring (bicyclic) bond motifs is 1. The van der Waals surface area contributed by atoms with Crippen molar-refractivity contribution in [2.24, 2.45) is 4.99 Å². The van der Waals surface area contributed by atoms with E-state index >= 15 is 0 Å². The number of thiophene rings is 1. The number of methoxy groups -OCH3 is 1. The van der Waals surface area contributed by atoms with Crippen LogP contribution < -0.4 is 14.8 Å². The summed E-state index contributed by atoms with van der Waals surface area (Å²) in [5.74, 6) is 0.661. The molecule has 0 radical (unpaired) electrons. The fraction of sp³-hybridized carbons (Fsp3) is 0.200. The molecule has 1 amide bonds. The number of aliphatic imine (C=N–C) groups is 1. The lowest BCUT2D eigenvalue weighted by molar-refractivity contribution is 0.102. The summed E-state index contributed by atoms with van der Waals surface area (Å²) >= 11 is 5.17. The van der Waals surface area contributed by atoms with Crippen molar-refractivity contribution in [3.63, 3.8) is 0 Å². The summed E-state index contributed by atoms with van der Waals surface area (Å²) in [6.07, 6.45) is 5.80. The first-order valence-electron chi connectivity index (χ1n) is 12.3. The lowest BCUT2D eigenvalue weighted by atomic mass is 9.95. The quantitative estimate of drug-likeness (QED) is 0.210. The summed E-state index contributed by atoms with van der Waals surface area (Å²) in [6, 6.07) is 19.4. The van der Waals surface area contributed by atoms with Gasteiger partial charge >= 0.3 is 0 Å². The Bertz CT molecular complexity index is 1470. The van der Waals surface area contributed by atoms with Crippen LogP contribution in [0.25, 0.3) is 0 Å². The third-order valence-electron chi connectivity index (χ3n) is 6.29. The van der Waals surface area contributed by atoms with Crippen LogP contribution in [0.4, 0.5) is 15.1 Å². The third-order valence-corrected chi connectivity index (χ3v) is 8.08. The number of hydrogen-bond donors (Lipinski definition) is 1. The number of rotatable bonds is 8. The van der Waals surface area contributed by atoms with Gasteiger partial charge in [0.25, 0.3) is 5.91 Å². The van der Waals surface area contributed by atoms with E-state index in [0.29, 0.717) is 26.5 Å². The molecule has 0 spiro atoms. The highest BCUT2D eigenvalue weighted by molar-refractivity contribution is 9.10. The van der Waals surface area contributed by atoms with Crippen LogP contribution in [-0.4, -0.2) is 19.2 Å². The van der Waals surface area contributed by atoms with E-state index in [4.69, 9.17) is 14.5 Å². The van der Waals surface area contributed by atoms with Crippen molar-refractivity contribution >= 4 is 50.1 Å². The molecular weight excluding hydrogens is 567 g/mol. The summed E-state index contributed by atoms with van der Waals surface area (Å²) in [7, 11) is 1.58. The van der Waals surface area contributed by atoms with E-state index in [1.165, 1.54) is 17.0 Å². The van der Waals surface area contributed by atoms with Crippen LogP contribution in [-0.2, 0) is 19.4 Å². The van der Waals surface area contributed by atoms with Gasteiger partial charge in [-0.3, -0.25) is 4.79 Å². The number of amides is 1. The second-order valence-corrected chi connectivity index (χ2v) is 10.9. The molecule has 1 heterocycles. The Kier molecular flexibility index (Phi) is 8.20. The highest BCUT2D eigenvalue weighted by Crippen LogP contribution is 2.41. The zero-order valence-electron chi connectivity index (χ0n) is 20.8. The van der Waals surface area contributed by atoms with Gasteiger partial charge in [-0.25, -0.2) is 9.38 Å². The van der Waals surface area contributed by atoms with Crippen molar-refractivity contribution in [1.29, 1.82) is 0 Å². The number of hydrogen-bond acceptors (Lipinski definition) is 5. The van der Waals surface area contributed by atoms with Crippen LogP contribution in [0, 0.1) is 5.82 Å². The maximum atomic E-state index is 13.3. The Morgan fingerprint density at radius 2 is 1.87 bits per heavy atom. The van der Waals surface area contributed by atoms with Crippen molar-refractivity contribution in [2.45, 2.75) is 32.3 Å². The van der Waals surface area contributed by atoms with Gasteiger partial charge in [0, 0.05) is 16.8 Å². The molecule has 1 aromatic heterocycles. The number of carbonyl (C=O) groups excluding carboxylic acids is 1. The number of carbonyl (C=O) groups is 1. The van der Waals surface area contributed by atoms with Gasteiger partial charge in [0.15, 0.2) is 11.5 Å². The lowest BCUT2D eigenvalue weighted by Crippen LogP contribution is -2.14. The number of ether oxygens (including phenoxy) is 2. The van der Waals surface area contributed by atoms with E-state index < -0.39 is 0 Å². The summed E-state index contributed by atoms with van der Waals surface area (Å²) in [5.41, 5.74) is 4.17. The SMILES string of the molecule is COc1cc(/C=N\c2sc3c(c2C(=O)Nc2ccccc2)CCCC3)cc(Br)c1OCc1ccc(F)cc1. The molecule has 5 rings (SSSR count). The molecule has 1 N–H and O–H groups in total.